The SMILES string of the molecule is CC.COC(=O)c1cc(C(C)(C)O)nc(Cl)n1. The Morgan fingerprint density at radius 1 is 1.41 bits per heavy atom. The van der Waals surface area contributed by atoms with E-state index >= 15 is 0 Å². The number of rotatable bonds is 2. The van der Waals surface area contributed by atoms with Crippen LogP contribution in [0.5, 0.6) is 0 Å². The first kappa shape index (κ1) is 15.8. The molecule has 0 unspecified atom stereocenters. The molecule has 0 aliphatic carbocycles. The Hall–Kier alpha value is -1.20. The molecule has 1 aromatic heterocycles. The maximum atomic E-state index is 11.2. The van der Waals surface area contributed by atoms with Crippen molar-refractivity contribution >= 4 is 17.6 Å². The first-order chi connectivity index (χ1) is 7.84. The standard InChI is InChI=1S/C9H11ClN2O3.C2H6/c1-9(2,14)6-4-5(7(13)15-3)11-8(10)12-6;1-2/h4,14H,1-3H3;1-2H3. The molecule has 0 amide bonds. The number of carbonyl (C=O) groups is 1. The highest BCUT2D eigenvalue weighted by Gasteiger charge is 2.21. The molecule has 0 saturated carbocycles. The second-order valence-electron chi connectivity index (χ2n) is 3.46. The molecule has 1 aromatic rings. The first-order valence-electron chi connectivity index (χ1n) is 5.20. The third kappa shape index (κ3) is 4.66. The number of hydrogen-bond acceptors (Lipinski definition) is 5. The number of ether oxygens (including phenoxy) is 1. The molecular weight excluding hydrogens is 244 g/mol. The number of aliphatic hydroxyl groups is 1. The van der Waals surface area contributed by atoms with Crippen LogP contribution in [0.2, 0.25) is 5.28 Å². The number of esters is 1. The molecule has 0 saturated heterocycles. The van der Waals surface area contributed by atoms with Gasteiger partial charge in [-0.1, -0.05) is 13.8 Å². The Labute approximate surface area is 106 Å². The summed E-state index contributed by atoms with van der Waals surface area (Å²) in [5.74, 6) is -0.621. The highest BCUT2D eigenvalue weighted by atomic mass is 35.5. The smallest absolute Gasteiger partial charge is 0.356 e. The minimum Gasteiger partial charge on any atom is -0.464 e. The lowest BCUT2D eigenvalue weighted by atomic mass is 10.0. The fraction of sp³-hybridized carbons (Fsp3) is 0.545. The van der Waals surface area contributed by atoms with Crippen LogP contribution in [-0.2, 0) is 10.3 Å². The second kappa shape index (κ2) is 6.51. The van der Waals surface area contributed by atoms with Crippen LogP contribution in [0.25, 0.3) is 0 Å². The van der Waals surface area contributed by atoms with E-state index in [9.17, 15) is 9.90 Å². The van der Waals surface area contributed by atoms with Gasteiger partial charge in [0.1, 0.15) is 5.60 Å². The fourth-order valence-electron chi connectivity index (χ4n) is 0.940. The molecule has 96 valence electrons. The molecule has 0 fully saturated rings. The zero-order chi connectivity index (χ0) is 13.6. The van der Waals surface area contributed by atoms with Gasteiger partial charge in [-0.15, -0.1) is 0 Å². The predicted octanol–water partition coefficient (Wildman–Crippen LogP) is 2.17. The topological polar surface area (TPSA) is 72.3 Å². The molecule has 1 rings (SSSR count). The van der Waals surface area contributed by atoms with Gasteiger partial charge in [-0.25, -0.2) is 14.8 Å². The van der Waals surface area contributed by atoms with Gasteiger partial charge >= 0.3 is 5.97 Å². The van der Waals surface area contributed by atoms with Crippen molar-refractivity contribution in [1.29, 1.82) is 0 Å². The number of aromatic nitrogens is 2. The lowest BCUT2D eigenvalue weighted by Crippen LogP contribution is -2.19. The summed E-state index contributed by atoms with van der Waals surface area (Å²) in [4.78, 5) is 18.7. The molecule has 17 heavy (non-hydrogen) atoms. The van der Waals surface area contributed by atoms with Gasteiger partial charge in [0.05, 0.1) is 12.8 Å². The summed E-state index contributed by atoms with van der Waals surface area (Å²) < 4.78 is 4.49. The molecule has 0 aliphatic rings. The number of nitrogens with zero attached hydrogens (tertiary/aromatic N) is 2. The molecule has 0 aliphatic heterocycles. The van der Waals surface area contributed by atoms with Crippen molar-refractivity contribution in [3.8, 4) is 0 Å². The van der Waals surface area contributed by atoms with Gasteiger partial charge in [-0.05, 0) is 31.5 Å². The Bertz CT molecular complexity index is 389. The van der Waals surface area contributed by atoms with Crippen LogP contribution in [0.4, 0.5) is 0 Å². The highest BCUT2D eigenvalue weighted by Crippen LogP contribution is 2.19. The van der Waals surface area contributed by atoms with E-state index < -0.39 is 11.6 Å². The van der Waals surface area contributed by atoms with Gasteiger partial charge in [0.2, 0.25) is 5.28 Å². The third-order valence-corrected chi connectivity index (χ3v) is 1.89. The monoisotopic (exact) mass is 260 g/mol. The van der Waals surface area contributed by atoms with Gasteiger partial charge in [0.25, 0.3) is 0 Å². The molecule has 0 spiro atoms. The van der Waals surface area contributed by atoms with E-state index in [-0.39, 0.29) is 16.7 Å². The minimum atomic E-state index is -1.19. The average Bonchev–Trinajstić information content (AvgIpc) is 2.28. The van der Waals surface area contributed by atoms with Crippen LogP contribution in [0.15, 0.2) is 6.07 Å². The molecular formula is C11H17ClN2O3. The van der Waals surface area contributed by atoms with E-state index in [2.05, 4.69) is 14.7 Å². The van der Waals surface area contributed by atoms with E-state index in [0.717, 1.165) is 0 Å². The Morgan fingerprint density at radius 2 is 1.94 bits per heavy atom. The summed E-state index contributed by atoms with van der Waals surface area (Å²) in [5, 5.41) is 9.59. The van der Waals surface area contributed by atoms with Crippen molar-refractivity contribution in [3.63, 3.8) is 0 Å². The normalized spacial score (nSPS) is 10.3. The van der Waals surface area contributed by atoms with E-state index in [0.29, 0.717) is 0 Å². The van der Waals surface area contributed by atoms with E-state index in [1.54, 1.807) is 0 Å². The van der Waals surface area contributed by atoms with Crippen molar-refractivity contribution in [2.75, 3.05) is 7.11 Å². The zero-order valence-electron chi connectivity index (χ0n) is 10.6. The predicted molar refractivity (Wildman–Crippen MR) is 65.0 cm³/mol. The lowest BCUT2D eigenvalue weighted by Gasteiger charge is -2.16. The maximum absolute atomic E-state index is 11.2. The quantitative estimate of drug-likeness (QED) is 0.652. The minimum absolute atomic E-state index is 0.0228. The van der Waals surface area contributed by atoms with Crippen molar-refractivity contribution in [2.24, 2.45) is 0 Å². The molecule has 0 radical (unpaired) electrons. The second-order valence-corrected chi connectivity index (χ2v) is 3.80. The highest BCUT2D eigenvalue weighted by molar-refractivity contribution is 6.28. The molecule has 6 heteroatoms. The van der Waals surface area contributed by atoms with Crippen LogP contribution in [-0.4, -0.2) is 28.2 Å². The summed E-state index contributed by atoms with van der Waals surface area (Å²) in [7, 11) is 1.24. The van der Waals surface area contributed by atoms with Gasteiger partial charge in [0.15, 0.2) is 5.69 Å². The summed E-state index contributed by atoms with van der Waals surface area (Å²) in [6, 6.07) is 1.34. The first-order valence-corrected chi connectivity index (χ1v) is 5.58. The largest absolute Gasteiger partial charge is 0.464 e. The zero-order valence-corrected chi connectivity index (χ0v) is 11.4. The number of carbonyl (C=O) groups excluding carboxylic acids is 1. The van der Waals surface area contributed by atoms with Crippen LogP contribution in [0.3, 0.4) is 0 Å². The van der Waals surface area contributed by atoms with Gasteiger partial charge in [-0.3, -0.25) is 0 Å². The van der Waals surface area contributed by atoms with E-state index in [4.69, 9.17) is 11.6 Å². The summed E-state index contributed by atoms with van der Waals surface area (Å²) in [6.07, 6.45) is 0. The van der Waals surface area contributed by atoms with E-state index in [1.165, 1.54) is 27.0 Å². The van der Waals surface area contributed by atoms with Gasteiger partial charge in [0, 0.05) is 0 Å². The number of hydrogen-bond donors (Lipinski definition) is 1. The molecule has 1 heterocycles. The molecule has 5 nitrogen and oxygen atoms in total. The summed E-state index contributed by atoms with van der Waals surface area (Å²) in [6.45, 7) is 7.07. The Morgan fingerprint density at radius 3 is 2.35 bits per heavy atom. The van der Waals surface area contributed by atoms with Crippen LogP contribution >= 0.6 is 11.6 Å². The van der Waals surface area contributed by atoms with Crippen molar-refractivity contribution < 1.29 is 14.6 Å². The van der Waals surface area contributed by atoms with Gasteiger partial charge in [-0.2, -0.15) is 0 Å². The molecule has 1 N–H and O–H groups in total. The summed E-state index contributed by atoms with van der Waals surface area (Å²) >= 11 is 5.62. The van der Waals surface area contributed by atoms with Crippen molar-refractivity contribution in [3.05, 3.63) is 22.7 Å². The maximum Gasteiger partial charge on any atom is 0.356 e. The Balaban J connectivity index is 0.00000121. The van der Waals surface area contributed by atoms with Gasteiger partial charge < -0.3 is 9.84 Å². The summed E-state index contributed by atoms with van der Waals surface area (Å²) in [5.41, 5.74) is -0.896. The van der Waals surface area contributed by atoms with Crippen LogP contribution in [0.1, 0.15) is 43.9 Å². The molecule has 0 bridgehead atoms. The fourth-order valence-corrected chi connectivity index (χ4v) is 1.12. The molecule has 0 aromatic carbocycles. The van der Waals surface area contributed by atoms with Crippen LogP contribution < -0.4 is 0 Å². The number of methoxy groups -OCH3 is 1. The number of halogens is 1. The molecule has 0 atom stereocenters. The average molecular weight is 261 g/mol. The van der Waals surface area contributed by atoms with Crippen LogP contribution in [0, 0.1) is 0 Å². The van der Waals surface area contributed by atoms with Crippen molar-refractivity contribution in [2.45, 2.75) is 33.3 Å². The third-order valence-electron chi connectivity index (χ3n) is 1.72. The Kier molecular flexibility index (Phi) is 6.05. The lowest BCUT2D eigenvalue weighted by molar-refractivity contribution is 0.0589. The van der Waals surface area contributed by atoms with Crippen molar-refractivity contribution in [1.82, 2.24) is 9.97 Å². The van der Waals surface area contributed by atoms with E-state index in [1.807, 2.05) is 13.8 Å².